The number of benzene rings is 1. The summed E-state index contributed by atoms with van der Waals surface area (Å²) in [5, 5.41) is 15.4. The molecule has 0 saturated carbocycles. The fourth-order valence-corrected chi connectivity index (χ4v) is 2.04. The molecule has 0 unspecified atom stereocenters. The molecular formula is C14H9N3O5. The number of hydrogen-bond donors (Lipinski definition) is 2. The number of para-hydroxylation sites is 1. The van der Waals surface area contributed by atoms with Gasteiger partial charge in [0, 0.05) is 12.1 Å². The van der Waals surface area contributed by atoms with E-state index in [4.69, 9.17) is 4.42 Å². The Labute approximate surface area is 123 Å². The van der Waals surface area contributed by atoms with Crippen LogP contribution in [0.25, 0.3) is 17.4 Å². The Balaban J connectivity index is 1.95. The number of carbonyl (C=O) groups excluding carboxylic acids is 2. The Kier molecular flexibility index (Phi) is 3.18. The van der Waals surface area contributed by atoms with Gasteiger partial charge in [-0.05, 0) is 18.2 Å². The molecule has 110 valence electrons. The van der Waals surface area contributed by atoms with Gasteiger partial charge in [-0.25, -0.2) is 4.79 Å². The number of nitrogens with one attached hydrogen (secondary N) is 2. The number of urea groups is 1. The van der Waals surface area contributed by atoms with Crippen molar-refractivity contribution >= 4 is 23.7 Å². The topological polar surface area (TPSA) is 114 Å². The van der Waals surface area contributed by atoms with Crippen LogP contribution >= 0.6 is 0 Å². The molecule has 8 nitrogen and oxygen atoms in total. The molecule has 0 bridgehead atoms. The molecule has 0 radical (unpaired) electrons. The SMILES string of the molecule is O=C1NC(=O)/C(=C/c2ccc(-c3ccccc3[N+](=O)[O-])o2)N1. The molecule has 3 amide bonds. The third-order valence-corrected chi connectivity index (χ3v) is 3.00. The second kappa shape index (κ2) is 5.17. The van der Waals surface area contributed by atoms with Crippen LogP contribution in [0.3, 0.4) is 0 Å². The van der Waals surface area contributed by atoms with Gasteiger partial charge in [-0.2, -0.15) is 0 Å². The first kappa shape index (κ1) is 13.6. The van der Waals surface area contributed by atoms with Gasteiger partial charge < -0.3 is 9.73 Å². The maximum atomic E-state index is 11.4. The van der Waals surface area contributed by atoms with E-state index < -0.39 is 16.9 Å². The highest BCUT2D eigenvalue weighted by molar-refractivity contribution is 6.13. The summed E-state index contributed by atoms with van der Waals surface area (Å²) in [6.45, 7) is 0. The molecular weight excluding hydrogens is 290 g/mol. The minimum Gasteiger partial charge on any atom is -0.456 e. The maximum Gasteiger partial charge on any atom is 0.326 e. The Morgan fingerprint density at radius 1 is 1.09 bits per heavy atom. The average Bonchev–Trinajstić information content (AvgIpc) is 3.06. The van der Waals surface area contributed by atoms with Crippen LogP contribution in [0.2, 0.25) is 0 Å². The van der Waals surface area contributed by atoms with Gasteiger partial charge in [0.2, 0.25) is 0 Å². The molecule has 1 saturated heterocycles. The van der Waals surface area contributed by atoms with Crippen molar-refractivity contribution in [3.05, 3.63) is 58.0 Å². The smallest absolute Gasteiger partial charge is 0.326 e. The molecule has 1 fully saturated rings. The number of nitrogens with zero attached hydrogens (tertiary/aromatic N) is 1. The average molecular weight is 299 g/mol. The van der Waals surface area contributed by atoms with Gasteiger partial charge >= 0.3 is 6.03 Å². The molecule has 8 heteroatoms. The lowest BCUT2D eigenvalue weighted by Crippen LogP contribution is -2.22. The molecule has 1 aliphatic rings. The third-order valence-electron chi connectivity index (χ3n) is 3.00. The van der Waals surface area contributed by atoms with Crippen LogP contribution < -0.4 is 10.6 Å². The first-order valence-corrected chi connectivity index (χ1v) is 6.22. The fraction of sp³-hybridized carbons (Fsp3) is 0. The Bertz CT molecular complexity index is 821. The molecule has 1 aliphatic heterocycles. The van der Waals surface area contributed by atoms with Crippen molar-refractivity contribution < 1.29 is 18.9 Å². The summed E-state index contributed by atoms with van der Waals surface area (Å²) in [6.07, 6.45) is 1.35. The molecule has 2 aromatic rings. The lowest BCUT2D eigenvalue weighted by Gasteiger charge is -1.98. The zero-order chi connectivity index (χ0) is 15.7. The van der Waals surface area contributed by atoms with E-state index in [1.807, 2.05) is 0 Å². The number of nitro groups is 1. The van der Waals surface area contributed by atoms with Gasteiger partial charge in [-0.3, -0.25) is 20.2 Å². The summed E-state index contributed by atoms with van der Waals surface area (Å²) in [6, 6.07) is 8.67. The number of carbonyl (C=O) groups is 2. The van der Waals surface area contributed by atoms with Crippen molar-refractivity contribution in [1.82, 2.24) is 10.6 Å². The molecule has 0 atom stereocenters. The van der Waals surface area contributed by atoms with Gasteiger partial charge in [0.15, 0.2) is 0 Å². The van der Waals surface area contributed by atoms with Gasteiger partial charge in [-0.1, -0.05) is 12.1 Å². The molecule has 0 spiro atoms. The summed E-state index contributed by atoms with van der Waals surface area (Å²) < 4.78 is 5.49. The molecule has 0 aliphatic carbocycles. The summed E-state index contributed by atoms with van der Waals surface area (Å²) in [4.78, 5) is 32.9. The van der Waals surface area contributed by atoms with E-state index >= 15 is 0 Å². The third kappa shape index (κ3) is 2.44. The van der Waals surface area contributed by atoms with Crippen LogP contribution in [0.5, 0.6) is 0 Å². The normalized spacial score (nSPS) is 15.7. The van der Waals surface area contributed by atoms with E-state index in [2.05, 4.69) is 10.6 Å². The summed E-state index contributed by atoms with van der Waals surface area (Å²) in [5.41, 5.74) is 0.300. The van der Waals surface area contributed by atoms with E-state index in [1.165, 1.54) is 12.1 Å². The van der Waals surface area contributed by atoms with Gasteiger partial charge in [0.1, 0.15) is 17.2 Å². The van der Waals surface area contributed by atoms with Crippen LogP contribution in [0, 0.1) is 10.1 Å². The minimum atomic E-state index is -0.610. The van der Waals surface area contributed by atoms with Gasteiger partial charge in [0.05, 0.1) is 10.5 Å². The van der Waals surface area contributed by atoms with Crippen LogP contribution in [0.15, 0.2) is 46.5 Å². The van der Waals surface area contributed by atoms with E-state index in [0.717, 1.165) is 0 Å². The highest BCUT2D eigenvalue weighted by Crippen LogP contribution is 2.31. The lowest BCUT2D eigenvalue weighted by atomic mass is 10.1. The summed E-state index contributed by atoms with van der Waals surface area (Å²) in [7, 11) is 0. The van der Waals surface area contributed by atoms with Crippen LogP contribution in [-0.4, -0.2) is 16.9 Å². The zero-order valence-corrected chi connectivity index (χ0v) is 11.0. The Morgan fingerprint density at radius 2 is 1.86 bits per heavy atom. The van der Waals surface area contributed by atoms with Crippen molar-refractivity contribution in [1.29, 1.82) is 0 Å². The Morgan fingerprint density at radius 3 is 2.55 bits per heavy atom. The number of amides is 3. The Hall–Kier alpha value is -3.42. The standard InChI is InChI=1S/C14H9N3O5/c18-13-10(15-14(19)16-13)7-8-5-6-12(22-8)9-3-1-2-4-11(9)17(20)21/h1-7H,(H2,15,16,18,19)/b10-7-. The summed E-state index contributed by atoms with van der Waals surface area (Å²) in [5.74, 6) is 0.0259. The summed E-state index contributed by atoms with van der Waals surface area (Å²) >= 11 is 0. The van der Waals surface area contributed by atoms with Gasteiger partial charge in [-0.15, -0.1) is 0 Å². The second-order valence-corrected chi connectivity index (χ2v) is 4.44. The van der Waals surface area contributed by atoms with Crippen molar-refractivity contribution in [2.24, 2.45) is 0 Å². The van der Waals surface area contributed by atoms with Crippen LogP contribution in [-0.2, 0) is 4.79 Å². The number of furan rings is 1. The zero-order valence-electron chi connectivity index (χ0n) is 11.0. The molecule has 3 rings (SSSR count). The van der Waals surface area contributed by atoms with Crippen molar-refractivity contribution in [2.75, 3.05) is 0 Å². The molecule has 1 aromatic heterocycles. The monoisotopic (exact) mass is 299 g/mol. The van der Waals surface area contributed by atoms with Crippen molar-refractivity contribution in [3.8, 4) is 11.3 Å². The lowest BCUT2D eigenvalue weighted by molar-refractivity contribution is -0.384. The fourth-order valence-electron chi connectivity index (χ4n) is 2.04. The highest BCUT2D eigenvalue weighted by atomic mass is 16.6. The minimum absolute atomic E-state index is 0.0495. The predicted molar refractivity (Wildman–Crippen MR) is 75.4 cm³/mol. The van der Waals surface area contributed by atoms with E-state index in [9.17, 15) is 19.7 Å². The number of rotatable bonds is 3. The first-order chi connectivity index (χ1) is 10.5. The first-order valence-electron chi connectivity index (χ1n) is 6.22. The van der Waals surface area contributed by atoms with Gasteiger partial charge in [0.25, 0.3) is 11.6 Å². The van der Waals surface area contributed by atoms with E-state index in [-0.39, 0.29) is 11.4 Å². The number of imide groups is 1. The second-order valence-electron chi connectivity index (χ2n) is 4.44. The van der Waals surface area contributed by atoms with Crippen LogP contribution in [0.4, 0.5) is 10.5 Å². The maximum absolute atomic E-state index is 11.4. The van der Waals surface area contributed by atoms with E-state index in [0.29, 0.717) is 17.1 Å². The quantitative estimate of drug-likeness (QED) is 0.389. The van der Waals surface area contributed by atoms with Crippen LogP contribution in [0.1, 0.15) is 5.76 Å². The van der Waals surface area contributed by atoms with E-state index in [1.54, 1.807) is 30.3 Å². The van der Waals surface area contributed by atoms with Crippen molar-refractivity contribution in [3.63, 3.8) is 0 Å². The predicted octanol–water partition coefficient (Wildman–Crippen LogP) is 2.04. The molecule has 2 N–H and O–H groups in total. The number of hydrogen-bond acceptors (Lipinski definition) is 5. The largest absolute Gasteiger partial charge is 0.456 e. The number of nitro benzene ring substituents is 1. The highest BCUT2D eigenvalue weighted by Gasteiger charge is 2.23. The molecule has 1 aromatic carbocycles. The van der Waals surface area contributed by atoms with Crippen molar-refractivity contribution in [2.45, 2.75) is 0 Å². The molecule has 22 heavy (non-hydrogen) atoms. The molecule has 2 heterocycles.